The van der Waals surface area contributed by atoms with Gasteiger partial charge in [-0.2, -0.15) is 0 Å². The summed E-state index contributed by atoms with van der Waals surface area (Å²) in [5.41, 5.74) is 0.0226. The summed E-state index contributed by atoms with van der Waals surface area (Å²) in [5, 5.41) is 3.24. The van der Waals surface area contributed by atoms with Gasteiger partial charge in [0.05, 0.1) is 0 Å². The molecule has 0 aliphatic carbocycles. The lowest BCUT2D eigenvalue weighted by atomic mass is 9.97. The lowest BCUT2D eigenvalue weighted by Gasteiger charge is -2.35. The van der Waals surface area contributed by atoms with Crippen LogP contribution < -0.4 is 5.32 Å². The van der Waals surface area contributed by atoms with Gasteiger partial charge in [0.15, 0.2) is 0 Å². The molecule has 5 heteroatoms. The van der Waals surface area contributed by atoms with Crippen molar-refractivity contribution in [1.29, 1.82) is 0 Å². The van der Waals surface area contributed by atoms with Gasteiger partial charge in [-0.25, -0.2) is 13.2 Å². The summed E-state index contributed by atoms with van der Waals surface area (Å²) in [6.07, 6.45) is 3.71. The molecular weight excluding hydrogens is 277 g/mol. The van der Waals surface area contributed by atoms with Gasteiger partial charge in [0.1, 0.15) is 17.5 Å². The molecule has 1 aromatic rings. The van der Waals surface area contributed by atoms with E-state index in [9.17, 15) is 13.2 Å². The Labute approximate surface area is 124 Å². The molecule has 0 bridgehead atoms. The van der Waals surface area contributed by atoms with Crippen molar-refractivity contribution in [3.8, 4) is 0 Å². The topological polar surface area (TPSA) is 15.3 Å². The van der Waals surface area contributed by atoms with Crippen molar-refractivity contribution in [3.05, 3.63) is 35.1 Å². The number of benzene rings is 1. The van der Waals surface area contributed by atoms with Gasteiger partial charge in [-0.15, -0.1) is 0 Å². The Morgan fingerprint density at radius 1 is 1.10 bits per heavy atom. The number of rotatable bonds is 6. The second-order valence-electron chi connectivity index (χ2n) is 5.58. The maximum atomic E-state index is 14.1. The third kappa shape index (κ3) is 4.20. The Morgan fingerprint density at radius 3 is 2.29 bits per heavy atom. The minimum Gasteiger partial charge on any atom is -0.314 e. The van der Waals surface area contributed by atoms with Crippen LogP contribution in [0, 0.1) is 17.5 Å². The predicted octanol–water partition coefficient (Wildman–Crippen LogP) is 3.63. The molecule has 1 N–H and O–H groups in total. The molecule has 1 saturated heterocycles. The SMILES string of the molecule is CCCCC[C@@H](c1c(F)cc(F)cc1F)N1CCNCC1. The summed E-state index contributed by atoms with van der Waals surface area (Å²) < 4.78 is 41.3. The zero-order valence-corrected chi connectivity index (χ0v) is 12.5. The van der Waals surface area contributed by atoms with Crippen LogP contribution in [-0.2, 0) is 0 Å². The minimum absolute atomic E-state index is 0.0226. The Balaban J connectivity index is 2.25. The molecule has 1 aromatic carbocycles. The van der Waals surface area contributed by atoms with Crippen LogP contribution in [-0.4, -0.2) is 31.1 Å². The maximum absolute atomic E-state index is 14.1. The molecular formula is C16H23F3N2. The molecule has 1 atom stereocenters. The fourth-order valence-corrected chi connectivity index (χ4v) is 2.96. The third-order valence-electron chi connectivity index (χ3n) is 4.05. The molecule has 2 nitrogen and oxygen atoms in total. The predicted molar refractivity (Wildman–Crippen MR) is 77.6 cm³/mol. The summed E-state index contributed by atoms with van der Waals surface area (Å²) in [4.78, 5) is 2.10. The molecule has 1 fully saturated rings. The van der Waals surface area contributed by atoms with E-state index in [1.807, 2.05) is 0 Å². The van der Waals surface area contributed by atoms with Crippen LogP contribution in [0.1, 0.15) is 44.2 Å². The lowest BCUT2D eigenvalue weighted by Crippen LogP contribution is -2.45. The summed E-state index contributed by atoms with van der Waals surface area (Å²) in [6.45, 7) is 5.24. The van der Waals surface area contributed by atoms with Gasteiger partial charge < -0.3 is 5.32 Å². The number of halogens is 3. The molecule has 0 aromatic heterocycles. The highest BCUT2D eigenvalue weighted by Gasteiger charge is 2.27. The summed E-state index contributed by atoms with van der Waals surface area (Å²) in [5.74, 6) is -2.40. The van der Waals surface area contributed by atoms with Gasteiger partial charge in [-0.1, -0.05) is 26.2 Å². The molecule has 21 heavy (non-hydrogen) atoms. The second kappa shape index (κ2) is 7.80. The smallest absolute Gasteiger partial charge is 0.133 e. The number of nitrogens with zero attached hydrogens (tertiary/aromatic N) is 1. The highest BCUT2D eigenvalue weighted by Crippen LogP contribution is 2.31. The van der Waals surface area contributed by atoms with Gasteiger partial charge in [-0.3, -0.25) is 4.90 Å². The van der Waals surface area contributed by atoms with E-state index >= 15 is 0 Å². The first-order chi connectivity index (χ1) is 10.1. The van der Waals surface area contributed by atoms with Crippen LogP contribution in [0.5, 0.6) is 0 Å². The molecule has 0 spiro atoms. The van der Waals surface area contributed by atoms with E-state index in [-0.39, 0.29) is 11.6 Å². The fraction of sp³-hybridized carbons (Fsp3) is 0.625. The fourth-order valence-electron chi connectivity index (χ4n) is 2.96. The molecule has 1 heterocycles. The van der Waals surface area contributed by atoms with Crippen LogP contribution in [0.2, 0.25) is 0 Å². The molecule has 0 radical (unpaired) electrons. The molecule has 2 rings (SSSR count). The van der Waals surface area contributed by atoms with E-state index in [1.54, 1.807) is 0 Å². The van der Waals surface area contributed by atoms with Crippen molar-refractivity contribution >= 4 is 0 Å². The Kier molecular flexibility index (Phi) is 6.06. The Hall–Kier alpha value is -1.07. The number of hydrogen-bond donors (Lipinski definition) is 1. The van der Waals surface area contributed by atoms with Crippen LogP contribution in [0.3, 0.4) is 0 Å². The zero-order valence-electron chi connectivity index (χ0n) is 12.5. The molecule has 1 aliphatic heterocycles. The van der Waals surface area contributed by atoms with E-state index in [2.05, 4.69) is 17.1 Å². The van der Waals surface area contributed by atoms with Crippen molar-refractivity contribution in [2.45, 2.75) is 38.6 Å². The molecule has 0 saturated carbocycles. The summed E-state index contributed by atoms with van der Waals surface area (Å²) in [7, 11) is 0. The van der Waals surface area contributed by atoms with E-state index in [0.717, 1.165) is 57.6 Å². The van der Waals surface area contributed by atoms with E-state index in [0.29, 0.717) is 6.42 Å². The number of piperazine rings is 1. The number of unbranched alkanes of at least 4 members (excludes halogenated alkanes) is 2. The highest BCUT2D eigenvalue weighted by molar-refractivity contribution is 5.24. The zero-order chi connectivity index (χ0) is 15.2. The van der Waals surface area contributed by atoms with Gasteiger partial charge >= 0.3 is 0 Å². The van der Waals surface area contributed by atoms with E-state index in [1.165, 1.54) is 0 Å². The first-order valence-electron chi connectivity index (χ1n) is 7.72. The average Bonchev–Trinajstić information content (AvgIpc) is 2.45. The van der Waals surface area contributed by atoms with Crippen LogP contribution in [0.15, 0.2) is 12.1 Å². The normalized spacial score (nSPS) is 17.9. The lowest BCUT2D eigenvalue weighted by molar-refractivity contribution is 0.156. The van der Waals surface area contributed by atoms with E-state index < -0.39 is 17.5 Å². The first-order valence-corrected chi connectivity index (χ1v) is 7.72. The van der Waals surface area contributed by atoms with Gasteiger partial charge in [-0.05, 0) is 6.42 Å². The maximum Gasteiger partial charge on any atom is 0.133 e. The number of nitrogens with one attached hydrogen (secondary N) is 1. The largest absolute Gasteiger partial charge is 0.314 e. The minimum atomic E-state index is -0.860. The highest BCUT2D eigenvalue weighted by atomic mass is 19.1. The van der Waals surface area contributed by atoms with Gasteiger partial charge in [0.25, 0.3) is 0 Å². The van der Waals surface area contributed by atoms with Crippen molar-refractivity contribution in [2.24, 2.45) is 0 Å². The molecule has 0 unspecified atom stereocenters. The monoisotopic (exact) mass is 300 g/mol. The van der Waals surface area contributed by atoms with Crippen LogP contribution >= 0.6 is 0 Å². The quantitative estimate of drug-likeness (QED) is 0.807. The van der Waals surface area contributed by atoms with E-state index in [4.69, 9.17) is 0 Å². The van der Waals surface area contributed by atoms with Crippen molar-refractivity contribution in [3.63, 3.8) is 0 Å². The average molecular weight is 300 g/mol. The molecule has 118 valence electrons. The summed E-state index contributed by atoms with van der Waals surface area (Å²) in [6, 6.07) is 1.26. The Morgan fingerprint density at radius 2 is 1.71 bits per heavy atom. The van der Waals surface area contributed by atoms with Gasteiger partial charge in [0, 0.05) is 49.9 Å². The van der Waals surface area contributed by atoms with Gasteiger partial charge in [0.2, 0.25) is 0 Å². The second-order valence-corrected chi connectivity index (χ2v) is 5.58. The summed E-state index contributed by atoms with van der Waals surface area (Å²) >= 11 is 0. The van der Waals surface area contributed by atoms with Crippen molar-refractivity contribution in [2.75, 3.05) is 26.2 Å². The van der Waals surface area contributed by atoms with Crippen molar-refractivity contribution in [1.82, 2.24) is 10.2 Å². The first kappa shape index (κ1) is 16.3. The van der Waals surface area contributed by atoms with Crippen LogP contribution in [0.4, 0.5) is 13.2 Å². The molecule has 1 aliphatic rings. The standard InChI is InChI=1S/C16H23F3N2/c1-2-3-4-5-15(21-8-6-20-7-9-21)16-13(18)10-12(17)11-14(16)19/h10-11,15,20H,2-9H2,1H3/t15-/m0/s1. The molecule has 0 amide bonds. The Bertz CT molecular complexity index is 436. The van der Waals surface area contributed by atoms with Crippen LogP contribution in [0.25, 0.3) is 0 Å². The number of hydrogen-bond acceptors (Lipinski definition) is 2. The van der Waals surface area contributed by atoms with Crippen molar-refractivity contribution < 1.29 is 13.2 Å². The third-order valence-corrected chi connectivity index (χ3v) is 4.05.